The molecule has 1 aliphatic rings. The molecule has 0 saturated carbocycles. The number of ether oxygens (including phenoxy) is 1. The number of nitrogens with one attached hydrogen (secondary N) is 1. The predicted octanol–water partition coefficient (Wildman–Crippen LogP) is 4.97. The lowest BCUT2D eigenvalue weighted by atomic mass is 9.87. The van der Waals surface area contributed by atoms with Crippen molar-refractivity contribution in [1.82, 2.24) is 10.3 Å². The van der Waals surface area contributed by atoms with Crippen LogP contribution in [0.25, 0.3) is 0 Å². The summed E-state index contributed by atoms with van der Waals surface area (Å²) in [5.41, 5.74) is 0.451. The minimum Gasteiger partial charge on any atom is -0.381 e. The van der Waals surface area contributed by atoms with Crippen LogP contribution >= 0.6 is 11.6 Å². The van der Waals surface area contributed by atoms with Crippen molar-refractivity contribution in [1.29, 1.82) is 0 Å². The summed E-state index contributed by atoms with van der Waals surface area (Å²) in [4.78, 5) is 16.7. The van der Waals surface area contributed by atoms with E-state index in [-0.39, 0.29) is 35.7 Å². The number of rotatable bonds is 6. The molecule has 1 amide bonds. The van der Waals surface area contributed by atoms with Crippen molar-refractivity contribution in [2.24, 2.45) is 5.92 Å². The molecule has 8 heteroatoms. The molecule has 1 saturated heterocycles. The van der Waals surface area contributed by atoms with Gasteiger partial charge < -0.3 is 10.1 Å². The Morgan fingerprint density at radius 3 is 2.69 bits per heavy atom. The Hall–Kier alpha value is -2.12. The maximum atomic E-state index is 13.0. The van der Waals surface area contributed by atoms with Crippen molar-refractivity contribution in [3.05, 3.63) is 64.4 Å². The van der Waals surface area contributed by atoms with Gasteiger partial charge in [-0.05, 0) is 54.5 Å². The van der Waals surface area contributed by atoms with E-state index in [2.05, 4.69) is 10.3 Å². The van der Waals surface area contributed by atoms with Crippen LogP contribution in [0.3, 0.4) is 0 Å². The van der Waals surface area contributed by atoms with E-state index in [1.54, 1.807) is 12.4 Å². The number of aromatic nitrogens is 1. The molecule has 1 aromatic carbocycles. The SMILES string of the molecule is O=C(CCc1ccc(Cl)c(C(F)(F)F)c1)N[C@@H](c1cccnc1)C1CCOCC1. The molecule has 1 aromatic heterocycles. The smallest absolute Gasteiger partial charge is 0.381 e. The Bertz CT molecular complexity index is 824. The summed E-state index contributed by atoms with van der Waals surface area (Å²) in [6.45, 7) is 1.28. The molecule has 4 nitrogen and oxygen atoms in total. The minimum absolute atomic E-state index is 0.0823. The molecular weight excluding hydrogens is 405 g/mol. The summed E-state index contributed by atoms with van der Waals surface area (Å²) in [5, 5.41) is 2.70. The van der Waals surface area contributed by atoms with Crippen LogP contribution in [0.5, 0.6) is 0 Å². The third kappa shape index (κ3) is 5.93. The average Bonchev–Trinajstić information content (AvgIpc) is 2.72. The maximum absolute atomic E-state index is 13.0. The molecule has 0 unspecified atom stereocenters. The zero-order chi connectivity index (χ0) is 20.9. The van der Waals surface area contributed by atoms with Gasteiger partial charge in [0.1, 0.15) is 0 Å². The number of amides is 1. The summed E-state index contributed by atoms with van der Waals surface area (Å²) in [7, 11) is 0. The Labute approximate surface area is 172 Å². The number of nitrogens with zero attached hydrogens (tertiary/aromatic N) is 1. The molecule has 0 bridgehead atoms. The van der Waals surface area contributed by atoms with Gasteiger partial charge in [0, 0.05) is 32.0 Å². The lowest BCUT2D eigenvalue weighted by Gasteiger charge is -2.31. The van der Waals surface area contributed by atoms with Gasteiger partial charge in [-0.2, -0.15) is 13.2 Å². The first-order valence-electron chi connectivity index (χ1n) is 9.47. The van der Waals surface area contributed by atoms with Gasteiger partial charge in [0.25, 0.3) is 0 Å². The molecule has 156 valence electrons. The van der Waals surface area contributed by atoms with Crippen LogP contribution in [0.1, 0.15) is 42.0 Å². The van der Waals surface area contributed by atoms with Gasteiger partial charge in [-0.3, -0.25) is 9.78 Å². The van der Waals surface area contributed by atoms with E-state index in [4.69, 9.17) is 16.3 Å². The van der Waals surface area contributed by atoms with E-state index < -0.39 is 11.7 Å². The normalized spacial score (nSPS) is 16.4. The summed E-state index contributed by atoms with van der Waals surface area (Å²) in [6, 6.07) is 7.28. The third-order valence-corrected chi connectivity index (χ3v) is 5.40. The quantitative estimate of drug-likeness (QED) is 0.709. The van der Waals surface area contributed by atoms with Gasteiger partial charge >= 0.3 is 6.18 Å². The van der Waals surface area contributed by atoms with E-state index in [1.807, 2.05) is 12.1 Å². The van der Waals surface area contributed by atoms with Crippen LogP contribution in [-0.4, -0.2) is 24.1 Å². The molecule has 29 heavy (non-hydrogen) atoms. The summed E-state index contributed by atoms with van der Waals surface area (Å²) in [6.07, 6.45) is 0.806. The number of aryl methyl sites for hydroxylation is 1. The molecule has 2 heterocycles. The summed E-state index contributed by atoms with van der Waals surface area (Å²) < 4.78 is 44.5. The highest BCUT2D eigenvalue weighted by atomic mass is 35.5. The topological polar surface area (TPSA) is 51.2 Å². The number of carbonyl (C=O) groups excluding carboxylic acids is 1. The van der Waals surface area contributed by atoms with Crippen molar-refractivity contribution >= 4 is 17.5 Å². The highest BCUT2D eigenvalue weighted by Gasteiger charge is 2.33. The van der Waals surface area contributed by atoms with E-state index in [0.29, 0.717) is 18.8 Å². The fourth-order valence-electron chi connectivity index (χ4n) is 3.53. The van der Waals surface area contributed by atoms with Crippen LogP contribution in [0, 0.1) is 5.92 Å². The molecule has 0 spiro atoms. The van der Waals surface area contributed by atoms with Gasteiger partial charge in [-0.25, -0.2) is 0 Å². The molecule has 1 aliphatic heterocycles. The monoisotopic (exact) mass is 426 g/mol. The number of halogens is 4. The second-order valence-corrected chi connectivity index (χ2v) is 7.50. The lowest BCUT2D eigenvalue weighted by molar-refractivity contribution is -0.137. The molecular formula is C21H22ClF3N2O2. The van der Waals surface area contributed by atoms with Gasteiger partial charge in [0.2, 0.25) is 5.91 Å². The van der Waals surface area contributed by atoms with Gasteiger partial charge in [0.05, 0.1) is 16.6 Å². The second kappa shape index (κ2) is 9.59. The number of alkyl halides is 3. The standard InChI is InChI=1S/C21H22ClF3N2O2/c22-18-5-3-14(12-17(18)21(23,24)25)4-6-19(28)27-20(15-7-10-29-11-8-15)16-2-1-9-26-13-16/h1-3,5,9,12-13,15,20H,4,6-8,10-11H2,(H,27,28)/t20-/m1/s1. The van der Waals surface area contributed by atoms with Crippen molar-refractivity contribution in [2.45, 2.75) is 37.9 Å². The zero-order valence-corrected chi connectivity index (χ0v) is 16.5. The number of carbonyl (C=O) groups is 1. The van der Waals surface area contributed by atoms with Crippen LogP contribution in [-0.2, 0) is 22.1 Å². The molecule has 1 fully saturated rings. The molecule has 1 N–H and O–H groups in total. The molecule has 1 atom stereocenters. The number of pyridine rings is 1. The van der Waals surface area contributed by atoms with Gasteiger partial charge in [0.15, 0.2) is 0 Å². The minimum atomic E-state index is -4.52. The zero-order valence-electron chi connectivity index (χ0n) is 15.7. The van der Waals surface area contributed by atoms with E-state index in [1.165, 1.54) is 12.1 Å². The molecule has 2 aromatic rings. The van der Waals surface area contributed by atoms with Crippen LogP contribution in [0.4, 0.5) is 13.2 Å². The fraction of sp³-hybridized carbons (Fsp3) is 0.429. The van der Waals surface area contributed by atoms with Crippen molar-refractivity contribution in [3.8, 4) is 0 Å². The van der Waals surface area contributed by atoms with Crippen molar-refractivity contribution in [2.75, 3.05) is 13.2 Å². The Morgan fingerprint density at radius 1 is 1.28 bits per heavy atom. The van der Waals surface area contributed by atoms with Gasteiger partial charge in [-0.15, -0.1) is 0 Å². The Kier molecular flexibility index (Phi) is 7.14. The average molecular weight is 427 g/mol. The van der Waals surface area contributed by atoms with Crippen LogP contribution in [0.15, 0.2) is 42.7 Å². The molecule has 3 rings (SSSR count). The Balaban J connectivity index is 1.66. The number of hydrogen-bond donors (Lipinski definition) is 1. The van der Waals surface area contributed by atoms with E-state index in [9.17, 15) is 18.0 Å². The van der Waals surface area contributed by atoms with Crippen molar-refractivity contribution in [3.63, 3.8) is 0 Å². The second-order valence-electron chi connectivity index (χ2n) is 7.09. The van der Waals surface area contributed by atoms with E-state index >= 15 is 0 Å². The Morgan fingerprint density at radius 2 is 2.03 bits per heavy atom. The largest absolute Gasteiger partial charge is 0.417 e. The summed E-state index contributed by atoms with van der Waals surface area (Å²) in [5.74, 6) is 0.0121. The highest BCUT2D eigenvalue weighted by Crippen LogP contribution is 2.35. The fourth-order valence-corrected chi connectivity index (χ4v) is 3.76. The number of benzene rings is 1. The van der Waals surface area contributed by atoms with Gasteiger partial charge in [-0.1, -0.05) is 23.7 Å². The lowest BCUT2D eigenvalue weighted by Crippen LogP contribution is -2.36. The van der Waals surface area contributed by atoms with Crippen LogP contribution in [0.2, 0.25) is 5.02 Å². The van der Waals surface area contributed by atoms with E-state index in [0.717, 1.165) is 24.5 Å². The maximum Gasteiger partial charge on any atom is 0.417 e. The first-order chi connectivity index (χ1) is 13.8. The first-order valence-corrected chi connectivity index (χ1v) is 9.85. The summed E-state index contributed by atoms with van der Waals surface area (Å²) >= 11 is 5.65. The molecule has 0 radical (unpaired) electrons. The van der Waals surface area contributed by atoms with Crippen LogP contribution < -0.4 is 5.32 Å². The third-order valence-electron chi connectivity index (χ3n) is 5.07. The first kappa shape index (κ1) is 21.6. The number of hydrogen-bond acceptors (Lipinski definition) is 3. The van der Waals surface area contributed by atoms with Crippen molar-refractivity contribution < 1.29 is 22.7 Å². The molecule has 0 aliphatic carbocycles. The highest BCUT2D eigenvalue weighted by molar-refractivity contribution is 6.31. The predicted molar refractivity (Wildman–Crippen MR) is 103 cm³/mol.